The quantitative estimate of drug-likeness (QED) is 0.320. The maximum absolute atomic E-state index is 12.8. The molecule has 1 aromatic heterocycles. The van der Waals surface area contributed by atoms with Gasteiger partial charge in [-0.05, 0) is 25.1 Å². The molecule has 0 radical (unpaired) electrons. The molecule has 0 fully saturated rings. The zero-order valence-electron chi connectivity index (χ0n) is 14.7. The Kier molecular flexibility index (Phi) is 6.78. The highest BCUT2D eigenvalue weighted by Crippen LogP contribution is 2.35. The van der Waals surface area contributed by atoms with Crippen LogP contribution in [-0.2, 0) is 22.4 Å². The van der Waals surface area contributed by atoms with Gasteiger partial charge >= 0.3 is 12.1 Å². The van der Waals surface area contributed by atoms with Crippen LogP contribution in [0.2, 0.25) is 10.0 Å². The third-order valence-electron chi connectivity index (χ3n) is 3.61. The lowest BCUT2D eigenvalue weighted by Crippen LogP contribution is -2.17. The van der Waals surface area contributed by atoms with Crippen molar-refractivity contribution in [2.24, 2.45) is 10.9 Å². The maximum atomic E-state index is 12.8. The van der Waals surface area contributed by atoms with Crippen LogP contribution in [0.5, 0.6) is 5.75 Å². The molecule has 152 valence electrons. The molecule has 28 heavy (non-hydrogen) atoms. The van der Waals surface area contributed by atoms with Crippen LogP contribution in [0.1, 0.15) is 23.4 Å². The van der Waals surface area contributed by atoms with Gasteiger partial charge < -0.3 is 15.3 Å². The summed E-state index contributed by atoms with van der Waals surface area (Å²) in [6.45, 7) is 1.17. The van der Waals surface area contributed by atoms with Crippen molar-refractivity contribution in [3.63, 3.8) is 0 Å². The van der Waals surface area contributed by atoms with Gasteiger partial charge in [-0.25, -0.2) is 4.79 Å². The molecule has 2 rings (SSSR count). The van der Waals surface area contributed by atoms with Gasteiger partial charge in [0.1, 0.15) is 5.75 Å². The van der Waals surface area contributed by atoms with Gasteiger partial charge in [0.25, 0.3) is 0 Å². The van der Waals surface area contributed by atoms with Gasteiger partial charge in [-0.3, -0.25) is 4.68 Å². The Morgan fingerprint density at radius 1 is 1.36 bits per heavy atom. The van der Waals surface area contributed by atoms with Crippen LogP contribution in [-0.4, -0.2) is 28.7 Å². The topological polar surface area (TPSA) is 91.7 Å². The number of aromatic nitrogens is 2. The number of aryl methyl sites for hydroxylation is 1. The number of oxime groups is 1. The standard InChI is InChI=1S/C16H15Cl2F3N4O3/c1-8-13(18)14(16(19,20)21)23-25(8)6-5-12(26)28-24-15(22)10-7-9(17)3-4-11(10)27-2/h3-4,7H,5-6H2,1-2H3,(H2,22,24). The zero-order chi connectivity index (χ0) is 21.1. The molecule has 0 unspecified atom stereocenters. The smallest absolute Gasteiger partial charge is 0.436 e. The van der Waals surface area contributed by atoms with E-state index in [1.54, 1.807) is 12.1 Å². The summed E-state index contributed by atoms with van der Waals surface area (Å²) >= 11 is 11.5. The maximum Gasteiger partial charge on any atom is 0.436 e. The van der Waals surface area contributed by atoms with E-state index < -0.39 is 22.9 Å². The SMILES string of the molecule is COc1ccc(Cl)cc1/C(N)=N/OC(=O)CCn1nc(C(F)(F)F)c(Cl)c1C. The molecule has 0 bridgehead atoms. The highest BCUT2D eigenvalue weighted by atomic mass is 35.5. The number of amidine groups is 1. The number of benzene rings is 1. The van der Waals surface area contributed by atoms with E-state index in [1.807, 2.05) is 0 Å². The number of carbonyl (C=O) groups is 1. The molecule has 0 atom stereocenters. The van der Waals surface area contributed by atoms with E-state index in [1.165, 1.54) is 20.1 Å². The van der Waals surface area contributed by atoms with E-state index in [4.69, 9.17) is 38.5 Å². The van der Waals surface area contributed by atoms with E-state index in [0.717, 1.165) is 4.68 Å². The molecule has 0 aliphatic heterocycles. The number of alkyl halides is 3. The summed E-state index contributed by atoms with van der Waals surface area (Å²) < 4.78 is 44.5. The van der Waals surface area contributed by atoms with Crippen molar-refractivity contribution in [2.75, 3.05) is 7.11 Å². The van der Waals surface area contributed by atoms with Gasteiger partial charge in [0.05, 0.1) is 36.4 Å². The van der Waals surface area contributed by atoms with E-state index in [-0.39, 0.29) is 24.5 Å². The number of hydrogen-bond donors (Lipinski definition) is 1. The van der Waals surface area contributed by atoms with Crippen LogP contribution in [0.4, 0.5) is 13.2 Å². The molecule has 0 spiro atoms. The lowest BCUT2D eigenvalue weighted by atomic mass is 10.2. The number of ether oxygens (including phenoxy) is 1. The second-order valence-corrected chi connectivity index (χ2v) is 6.32. The summed E-state index contributed by atoms with van der Waals surface area (Å²) in [4.78, 5) is 16.5. The van der Waals surface area contributed by atoms with Gasteiger partial charge in [0.15, 0.2) is 11.5 Å². The molecule has 0 aliphatic carbocycles. The summed E-state index contributed by atoms with van der Waals surface area (Å²) in [7, 11) is 1.42. The normalized spacial score (nSPS) is 12.2. The number of rotatable bonds is 6. The fraction of sp³-hybridized carbons (Fsp3) is 0.312. The average molecular weight is 439 g/mol. The van der Waals surface area contributed by atoms with Crippen LogP contribution in [0.25, 0.3) is 0 Å². The number of carbonyl (C=O) groups excluding carboxylic acids is 1. The predicted molar refractivity (Wildman–Crippen MR) is 96.4 cm³/mol. The Morgan fingerprint density at radius 2 is 2.04 bits per heavy atom. The first-order valence-corrected chi connectivity index (χ1v) is 8.47. The van der Waals surface area contributed by atoms with Crippen LogP contribution in [0.3, 0.4) is 0 Å². The summed E-state index contributed by atoms with van der Waals surface area (Å²) in [5.74, 6) is -0.628. The van der Waals surface area contributed by atoms with Crippen molar-refractivity contribution in [3.8, 4) is 5.75 Å². The van der Waals surface area contributed by atoms with Gasteiger partial charge in [0.2, 0.25) is 0 Å². The monoisotopic (exact) mass is 438 g/mol. The molecule has 2 aromatic rings. The Labute approximate surface area is 167 Å². The molecule has 0 amide bonds. The lowest BCUT2D eigenvalue weighted by molar-refractivity contribution is -0.144. The van der Waals surface area contributed by atoms with E-state index in [9.17, 15) is 18.0 Å². The van der Waals surface area contributed by atoms with Gasteiger partial charge in [-0.1, -0.05) is 28.4 Å². The molecule has 1 aromatic carbocycles. The first-order chi connectivity index (χ1) is 13.0. The van der Waals surface area contributed by atoms with Crippen molar-refractivity contribution in [3.05, 3.63) is 45.2 Å². The summed E-state index contributed by atoms with van der Waals surface area (Å²) in [5, 5.41) is 6.75. The second kappa shape index (κ2) is 8.70. The molecular weight excluding hydrogens is 424 g/mol. The fourth-order valence-electron chi connectivity index (χ4n) is 2.20. The van der Waals surface area contributed by atoms with Crippen molar-refractivity contribution in [1.82, 2.24) is 9.78 Å². The molecular formula is C16H15Cl2F3N4O3. The first-order valence-electron chi connectivity index (χ1n) is 7.72. The largest absolute Gasteiger partial charge is 0.496 e. The summed E-state index contributed by atoms with van der Waals surface area (Å²) in [5.41, 5.74) is 4.94. The first kappa shape index (κ1) is 21.8. The third-order valence-corrected chi connectivity index (χ3v) is 4.30. The summed E-state index contributed by atoms with van der Waals surface area (Å²) in [6, 6.07) is 4.61. The molecule has 1 heterocycles. The Hall–Kier alpha value is -2.46. The number of halogens is 5. The van der Waals surface area contributed by atoms with Crippen LogP contribution in [0, 0.1) is 6.92 Å². The van der Waals surface area contributed by atoms with Crippen LogP contribution < -0.4 is 10.5 Å². The average Bonchev–Trinajstić information content (AvgIpc) is 2.92. The van der Waals surface area contributed by atoms with Crippen LogP contribution >= 0.6 is 23.2 Å². The molecule has 12 heteroatoms. The highest BCUT2D eigenvalue weighted by Gasteiger charge is 2.38. The minimum Gasteiger partial charge on any atom is -0.496 e. The highest BCUT2D eigenvalue weighted by molar-refractivity contribution is 6.32. The molecule has 0 saturated carbocycles. The van der Waals surface area contributed by atoms with Gasteiger partial charge in [-0.15, -0.1) is 0 Å². The van der Waals surface area contributed by atoms with Gasteiger partial charge in [-0.2, -0.15) is 18.3 Å². The van der Waals surface area contributed by atoms with Crippen molar-refractivity contribution < 1.29 is 27.5 Å². The third kappa shape index (κ3) is 5.08. The predicted octanol–water partition coefficient (Wildman–Crippen LogP) is 3.78. The Morgan fingerprint density at radius 3 is 2.61 bits per heavy atom. The van der Waals surface area contributed by atoms with E-state index >= 15 is 0 Å². The van der Waals surface area contributed by atoms with Crippen molar-refractivity contribution >= 4 is 35.0 Å². The number of nitrogens with zero attached hydrogens (tertiary/aromatic N) is 3. The summed E-state index contributed by atoms with van der Waals surface area (Å²) in [6.07, 6.45) is -5.00. The Balaban J connectivity index is 2.04. The number of nitrogens with two attached hydrogens (primary N) is 1. The van der Waals surface area contributed by atoms with E-state index in [2.05, 4.69) is 10.3 Å². The fourth-order valence-corrected chi connectivity index (χ4v) is 2.61. The van der Waals surface area contributed by atoms with E-state index in [0.29, 0.717) is 16.3 Å². The van der Waals surface area contributed by atoms with Crippen LogP contribution in [0.15, 0.2) is 23.4 Å². The minimum atomic E-state index is -4.69. The molecule has 0 aliphatic rings. The van der Waals surface area contributed by atoms with Gasteiger partial charge in [0, 0.05) is 5.02 Å². The zero-order valence-corrected chi connectivity index (χ0v) is 16.2. The Bertz CT molecular complexity index is 913. The lowest BCUT2D eigenvalue weighted by Gasteiger charge is -2.08. The molecule has 2 N–H and O–H groups in total. The number of methoxy groups -OCH3 is 1. The molecule has 0 saturated heterocycles. The second-order valence-electron chi connectivity index (χ2n) is 5.50. The minimum absolute atomic E-state index is 0.0773. The van der Waals surface area contributed by atoms with Crippen molar-refractivity contribution in [1.29, 1.82) is 0 Å². The van der Waals surface area contributed by atoms with Crippen molar-refractivity contribution in [2.45, 2.75) is 26.1 Å². The number of hydrogen-bond acceptors (Lipinski definition) is 5. The molecule has 7 nitrogen and oxygen atoms in total.